The summed E-state index contributed by atoms with van der Waals surface area (Å²) in [5.41, 5.74) is 0. The fourth-order valence-corrected chi connectivity index (χ4v) is 2.81. The van der Waals surface area contributed by atoms with Crippen molar-refractivity contribution in [1.29, 1.82) is 0 Å². The lowest BCUT2D eigenvalue weighted by Gasteiger charge is -2.13. The normalized spacial score (nSPS) is 17.4. The molecule has 1 aliphatic heterocycles. The monoisotopic (exact) mass is 243 g/mol. The molecule has 0 spiro atoms. The zero-order chi connectivity index (χ0) is 8.39. The van der Waals surface area contributed by atoms with Crippen LogP contribution in [0.15, 0.2) is 28.1 Å². The van der Waals surface area contributed by atoms with Crippen molar-refractivity contribution in [1.82, 2.24) is 4.90 Å². The first-order valence-electron chi connectivity index (χ1n) is 3.95. The van der Waals surface area contributed by atoms with Crippen molar-refractivity contribution in [2.45, 2.75) is 6.54 Å². The lowest BCUT2D eigenvalue weighted by molar-refractivity contribution is 0.348. The summed E-state index contributed by atoms with van der Waals surface area (Å²) in [7, 11) is 0. The third kappa shape index (κ3) is 1.79. The molecule has 0 unspecified atom stereocenters. The Morgan fingerprint density at radius 1 is 1.42 bits per heavy atom. The first kappa shape index (κ1) is 8.48. The number of hydrogen-bond donors (Lipinski definition) is 0. The summed E-state index contributed by atoms with van der Waals surface area (Å²) in [5.74, 6) is 0. The molecule has 0 saturated carbocycles. The van der Waals surface area contributed by atoms with Crippen molar-refractivity contribution in [3.63, 3.8) is 0 Å². The Labute approximate surface area is 84.8 Å². The number of rotatable bonds is 2. The van der Waals surface area contributed by atoms with E-state index >= 15 is 0 Å². The van der Waals surface area contributed by atoms with Gasteiger partial charge in [-0.05, 0) is 27.4 Å². The fourth-order valence-electron chi connectivity index (χ4n) is 1.29. The fraction of sp³-hybridized carbons (Fsp3) is 0.333. The maximum absolute atomic E-state index is 3.54. The van der Waals surface area contributed by atoms with Crippen LogP contribution in [0.5, 0.6) is 0 Å². The molecule has 1 aromatic rings. The van der Waals surface area contributed by atoms with Gasteiger partial charge in [0.25, 0.3) is 0 Å². The zero-order valence-electron chi connectivity index (χ0n) is 6.66. The van der Waals surface area contributed by atoms with Crippen molar-refractivity contribution in [3.05, 3.63) is 32.9 Å². The van der Waals surface area contributed by atoms with Crippen LogP contribution in [0.4, 0.5) is 0 Å². The van der Waals surface area contributed by atoms with Crippen LogP contribution in [-0.4, -0.2) is 18.0 Å². The Balaban J connectivity index is 1.99. The molecular formula is C9H10BrNS. The van der Waals surface area contributed by atoms with Crippen LogP contribution in [0.3, 0.4) is 0 Å². The summed E-state index contributed by atoms with van der Waals surface area (Å²) in [6, 6.07) is 2.11. The van der Waals surface area contributed by atoms with Gasteiger partial charge >= 0.3 is 0 Å². The summed E-state index contributed by atoms with van der Waals surface area (Å²) >= 11 is 5.36. The largest absolute Gasteiger partial charge is 0.291 e. The van der Waals surface area contributed by atoms with E-state index in [1.807, 2.05) is 11.3 Å². The van der Waals surface area contributed by atoms with E-state index < -0.39 is 0 Å². The van der Waals surface area contributed by atoms with Crippen molar-refractivity contribution < 1.29 is 0 Å². The molecule has 1 aromatic heterocycles. The van der Waals surface area contributed by atoms with E-state index in [0.29, 0.717) is 0 Å². The molecule has 0 N–H and O–H groups in total. The van der Waals surface area contributed by atoms with E-state index in [1.54, 1.807) is 0 Å². The quantitative estimate of drug-likeness (QED) is 0.723. The van der Waals surface area contributed by atoms with Gasteiger partial charge in [0, 0.05) is 29.0 Å². The Hall–Kier alpha value is -0.120. The summed E-state index contributed by atoms with van der Waals surface area (Å²) in [6.45, 7) is 3.28. The molecule has 0 radical (unpaired) electrons. The van der Waals surface area contributed by atoms with Crippen LogP contribution in [0.25, 0.3) is 0 Å². The molecule has 0 fully saturated rings. The van der Waals surface area contributed by atoms with Crippen LogP contribution in [0.2, 0.25) is 0 Å². The molecule has 0 aliphatic carbocycles. The van der Waals surface area contributed by atoms with Crippen molar-refractivity contribution >= 4 is 27.3 Å². The van der Waals surface area contributed by atoms with Crippen LogP contribution in [0, 0.1) is 0 Å². The predicted octanol–water partition coefficient (Wildman–Crippen LogP) is 2.88. The van der Waals surface area contributed by atoms with Gasteiger partial charge in [0.1, 0.15) is 0 Å². The van der Waals surface area contributed by atoms with Crippen molar-refractivity contribution in [2.24, 2.45) is 0 Å². The van der Waals surface area contributed by atoms with Gasteiger partial charge in [-0.1, -0.05) is 12.2 Å². The lowest BCUT2D eigenvalue weighted by Crippen LogP contribution is -2.18. The highest BCUT2D eigenvalue weighted by molar-refractivity contribution is 9.10. The minimum Gasteiger partial charge on any atom is -0.291 e. The summed E-state index contributed by atoms with van der Waals surface area (Å²) < 4.78 is 1.25. The average Bonchev–Trinajstić information content (AvgIpc) is 2.65. The van der Waals surface area contributed by atoms with Crippen LogP contribution in [0.1, 0.15) is 4.88 Å². The van der Waals surface area contributed by atoms with Crippen LogP contribution >= 0.6 is 27.3 Å². The van der Waals surface area contributed by atoms with E-state index in [4.69, 9.17) is 0 Å². The Morgan fingerprint density at radius 3 is 2.75 bits per heavy atom. The van der Waals surface area contributed by atoms with Gasteiger partial charge in [0.05, 0.1) is 0 Å². The van der Waals surface area contributed by atoms with E-state index in [1.165, 1.54) is 9.35 Å². The Morgan fingerprint density at radius 2 is 2.17 bits per heavy atom. The van der Waals surface area contributed by atoms with Crippen LogP contribution in [-0.2, 0) is 6.54 Å². The second-order valence-corrected chi connectivity index (χ2v) is 4.71. The van der Waals surface area contributed by atoms with Gasteiger partial charge in [-0.2, -0.15) is 0 Å². The maximum atomic E-state index is 3.54. The molecule has 2 heterocycles. The second-order valence-electron chi connectivity index (χ2n) is 2.86. The Kier molecular flexibility index (Phi) is 2.63. The summed E-state index contributed by atoms with van der Waals surface area (Å²) in [6.07, 6.45) is 4.45. The Bertz CT molecular complexity index is 284. The topological polar surface area (TPSA) is 3.24 Å². The predicted molar refractivity (Wildman–Crippen MR) is 56.4 cm³/mol. The molecule has 0 atom stereocenters. The minimum absolute atomic E-state index is 1.07. The molecule has 3 heteroatoms. The highest BCUT2D eigenvalue weighted by Crippen LogP contribution is 2.24. The van der Waals surface area contributed by atoms with Gasteiger partial charge in [-0.3, -0.25) is 4.90 Å². The van der Waals surface area contributed by atoms with Gasteiger partial charge < -0.3 is 0 Å². The molecule has 0 aromatic carbocycles. The molecule has 0 saturated heterocycles. The van der Waals surface area contributed by atoms with Crippen molar-refractivity contribution in [3.8, 4) is 0 Å². The zero-order valence-corrected chi connectivity index (χ0v) is 9.07. The number of halogens is 1. The molecule has 0 bridgehead atoms. The van der Waals surface area contributed by atoms with E-state index in [2.05, 4.69) is 44.4 Å². The minimum atomic E-state index is 1.07. The number of nitrogens with zero attached hydrogens (tertiary/aromatic N) is 1. The molecule has 1 aliphatic rings. The first-order chi connectivity index (χ1) is 5.86. The van der Waals surface area contributed by atoms with E-state index in [9.17, 15) is 0 Å². The smallest absolute Gasteiger partial charge is 0.0345 e. The first-order valence-corrected chi connectivity index (χ1v) is 5.63. The lowest BCUT2D eigenvalue weighted by atomic mass is 10.4. The summed E-state index contributed by atoms with van der Waals surface area (Å²) in [4.78, 5) is 3.84. The van der Waals surface area contributed by atoms with Crippen LogP contribution < -0.4 is 0 Å². The maximum Gasteiger partial charge on any atom is 0.0345 e. The SMILES string of the molecule is Brc1ccsc1CN1CC=CC1. The number of thiophene rings is 1. The molecule has 1 nitrogen and oxygen atoms in total. The second kappa shape index (κ2) is 3.73. The number of hydrogen-bond acceptors (Lipinski definition) is 2. The van der Waals surface area contributed by atoms with Gasteiger partial charge in [0.15, 0.2) is 0 Å². The van der Waals surface area contributed by atoms with Crippen molar-refractivity contribution in [2.75, 3.05) is 13.1 Å². The van der Waals surface area contributed by atoms with Gasteiger partial charge in [-0.25, -0.2) is 0 Å². The third-order valence-corrected chi connectivity index (χ3v) is 3.86. The highest BCUT2D eigenvalue weighted by Gasteiger charge is 2.09. The molecule has 0 amide bonds. The summed E-state index contributed by atoms with van der Waals surface area (Å²) in [5, 5.41) is 2.13. The molecule has 12 heavy (non-hydrogen) atoms. The van der Waals surface area contributed by atoms with E-state index in [-0.39, 0.29) is 0 Å². The third-order valence-electron chi connectivity index (χ3n) is 1.95. The molecule has 2 rings (SSSR count). The van der Waals surface area contributed by atoms with E-state index in [0.717, 1.165) is 19.6 Å². The highest BCUT2D eigenvalue weighted by atomic mass is 79.9. The molecular weight excluding hydrogens is 234 g/mol. The average molecular weight is 244 g/mol. The molecule has 64 valence electrons. The standard InChI is InChI=1S/C9H10BrNS/c10-8-3-6-12-9(8)7-11-4-1-2-5-11/h1-3,6H,4-5,7H2. The van der Waals surface area contributed by atoms with Gasteiger partial charge in [-0.15, -0.1) is 11.3 Å². The van der Waals surface area contributed by atoms with Gasteiger partial charge in [0.2, 0.25) is 0 Å².